The number of nitrogens with zero attached hydrogens (tertiary/aromatic N) is 3. The highest BCUT2D eigenvalue weighted by atomic mass is 35.5. The second kappa shape index (κ2) is 12.9. The predicted octanol–water partition coefficient (Wildman–Crippen LogP) is 4.23. The highest BCUT2D eigenvalue weighted by molar-refractivity contribution is 6.30. The second-order valence-electron chi connectivity index (χ2n) is 9.51. The monoisotopic (exact) mass is 536 g/mol. The summed E-state index contributed by atoms with van der Waals surface area (Å²) < 4.78 is 11.8. The van der Waals surface area contributed by atoms with Crippen molar-refractivity contribution in [3.05, 3.63) is 88.1 Å². The van der Waals surface area contributed by atoms with Gasteiger partial charge < -0.3 is 24.6 Å². The normalized spacial score (nSPS) is 14.7. The summed E-state index contributed by atoms with van der Waals surface area (Å²) in [6, 6.07) is 15.3. The molecule has 1 fully saturated rings. The predicted molar refractivity (Wildman–Crippen MR) is 147 cm³/mol. The molecule has 8 nitrogen and oxygen atoms in total. The maximum atomic E-state index is 13.5. The number of benzene rings is 2. The molecule has 0 aliphatic carbocycles. The molecule has 1 aromatic heterocycles. The molecular weight excluding hydrogens is 504 g/mol. The van der Waals surface area contributed by atoms with E-state index < -0.39 is 11.9 Å². The smallest absolute Gasteiger partial charge is 0.257 e. The van der Waals surface area contributed by atoms with Gasteiger partial charge in [0.2, 0.25) is 11.8 Å². The minimum Gasteiger partial charge on any atom is -0.438 e. The van der Waals surface area contributed by atoms with Crippen molar-refractivity contribution >= 4 is 23.4 Å². The lowest BCUT2D eigenvalue weighted by Crippen LogP contribution is -2.55. The molecule has 0 spiro atoms. The zero-order valence-electron chi connectivity index (χ0n) is 21.9. The minimum absolute atomic E-state index is 0.0395. The number of halogens is 1. The molecule has 1 aliphatic rings. The third-order valence-corrected chi connectivity index (χ3v) is 6.75. The van der Waals surface area contributed by atoms with Gasteiger partial charge in [0.25, 0.3) is 5.91 Å². The van der Waals surface area contributed by atoms with Gasteiger partial charge in [0.05, 0.1) is 13.2 Å². The Morgan fingerprint density at radius 1 is 1.05 bits per heavy atom. The molecule has 2 amide bonds. The lowest BCUT2D eigenvalue weighted by molar-refractivity contribution is -0.136. The van der Waals surface area contributed by atoms with Crippen LogP contribution in [0.3, 0.4) is 0 Å². The molecule has 4 rings (SSSR count). The van der Waals surface area contributed by atoms with Crippen LogP contribution in [-0.4, -0.2) is 72.5 Å². The van der Waals surface area contributed by atoms with Crippen molar-refractivity contribution in [2.45, 2.75) is 26.5 Å². The summed E-state index contributed by atoms with van der Waals surface area (Å²) in [5.74, 6) is -0.0147. The van der Waals surface area contributed by atoms with Crippen LogP contribution in [0.15, 0.2) is 60.8 Å². The zero-order valence-corrected chi connectivity index (χ0v) is 22.7. The van der Waals surface area contributed by atoms with E-state index in [-0.39, 0.29) is 24.0 Å². The number of carbonyl (C=O) groups excluding carboxylic acids is 2. The molecule has 9 heteroatoms. The SMILES string of the molecule is Cc1ccc(COC[C@@H](NC(=O)c2cccnc2Oc2ccc(Cl)cc2)C(=O)N2CCN(C)CC2)c(C)c1. The van der Waals surface area contributed by atoms with Crippen molar-refractivity contribution in [3.8, 4) is 11.6 Å². The third-order valence-electron chi connectivity index (χ3n) is 6.50. The Morgan fingerprint density at radius 3 is 2.50 bits per heavy atom. The molecule has 2 heterocycles. The van der Waals surface area contributed by atoms with Crippen molar-refractivity contribution in [2.75, 3.05) is 39.8 Å². The topological polar surface area (TPSA) is 84.0 Å². The van der Waals surface area contributed by atoms with E-state index in [1.54, 1.807) is 47.5 Å². The maximum Gasteiger partial charge on any atom is 0.257 e. The largest absolute Gasteiger partial charge is 0.438 e. The molecule has 3 aromatic rings. The average molecular weight is 537 g/mol. The lowest BCUT2D eigenvalue weighted by atomic mass is 10.1. The molecule has 1 aliphatic heterocycles. The highest BCUT2D eigenvalue weighted by Gasteiger charge is 2.29. The van der Waals surface area contributed by atoms with E-state index in [1.807, 2.05) is 33.0 Å². The number of ether oxygens (including phenoxy) is 2. The Labute approximate surface area is 228 Å². The molecule has 1 saturated heterocycles. The molecule has 0 bridgehead atoms. The van der Waals surface area contributed by atoms with Crippen LogP contribution in [-0.2, 0) is 16.1 Å². The molecule has 200 valence electrons. The summed E-state index contributed by atoms with van der Waals surface area (Å²) in [5, 5.41) is 3.45. The van der Waals surface area contributed by atoms with E-state index in [0.717, 1.165) is 24.2 Å². The number of aromatic nitrogens is 1. The quantitative estimate of drug-likeness (QED) is 0.440. The van der Waals surface area contributed by atoms with Crippen LogP contribution >= 0.6 is 11.6 Å². The number of piperazine rings is 1. The summed E-state index contributed by atoms with van der Waals surface area (Å²) in [5.41, 5.74) is 3.55. The first-order valence-corrected chi connectivity index (χ1v) is 13.0. The van der Waals surface area contributed by atoms with E-state index >= 15 is 0 Å². The first-order valence-electron chi connectivity index (χ1n) is 12.6. The van der Waals surface area contributed by atoms with E-state index in [9.17, 15) is 9.59 Å². The van der Waals surface area contributed by atoms with Crippen molar-refractivity contribution in [1.29, 1.82) is 0 Å². The molecule has 0 saturated carbocycles. The van der Waals surface area contributed by atoms with Crippen LogP contribution < -0.4 is 10.1 Å². The maximum absolute atomic E-state index is 13.5. The van der Waals surface area contributed by atoms with Crippen molar-refractivity contribution in [2.24, 2.45) is 0 Å². The van der Waals surface area contributed by atoms with Gasteiger partial charge in [-0.2, -0.15) is 0 Å². The average Bonchev–Trinajstić information content (AvgIpc) is 2.91. The van der Waals surface area contributed by atoms with Gasteiger partial charge in [-0.25, -0.2) is 4.98 Å². The van der Waals surface area contributed by atoms with Gasteiger partial charge in [0.1, 0.15) is 17.4 Å². The van der Waals surface area contributed by atoms with Gasteiger partial charge in [0.15, 0.2) is 0 Å². The summed E-state index contributed by atoms with van der Waals surface area (Å²) in [7, 11) is 2.03. The number of hydrogen-bond acceptors (Lipinski definition) is 6. The number of hydrogen-bond donors (Lipinski definition) is 1. The van der Waals surface area contributed by atoms with Crippen LogP contribution in [0.4, 0.5) is 0 Å². The fourth-order valence-electron chi connectivity index (χ4n) is 4.21. The Morgan fingerprint density at radius 2 is 1.79 bits per heavy atom. The summed E-state index contributed by atoms with van der Waals surface area (Å²) in [4.78, 5) is 35.1. The van der Waals surface area contributed by atoms with Crippen molar-refractivity contribution in [3.63, 3.8) is 0 Å². The second-order valence-corrected chi connectivity index (χ2v) is 9.95. The van der Waals surface area contributed by atoms with E-state index in [0.29, 0.717) is 30.5 Å². The van der Waals surface area contributed by atoms with Crippen LogP contribution in [0.5, 0.6) is 11.6 Å². The Kier molecular flexibility index (Phi) is 9.33. The number of aryl methyl sites for hydroxylation is 2. The van der Waals surface area contributed by atoms with Crippen LogP contribution in [0.1, 0.15) is 27.0 Å². The fraction of sp³-hybridized carbons (Fsp3) is 0.345. The third kappa shape index (κ3) is 7.31. The standard InChI is InChI=1S/C29H33ClN4O4/c1-20-6-7-22(21(2)17-20)18-37-19-26(29(36)34-15-13-33(3)14-16-34)32-27(35)25-5-4-12-31-28(25)38-24-10-8-23(30)9-11-24/h4-12,17,26H,13-16,18-19H2,1-3H3,(H,32,35)/t26-/m1/s1. The van der Waals surface area contributed by atoms with E-state index in [4.69, 9.17) is 21.1 Å². The molecular formula is C29H33ClN4O4. The van der Waals surface area contributed by atoms with Gasteiger partial charge in [0, 0.05) is 37.4 Å². The minimum atomic E-state index is -0.861. The van der Waals surface area contributed by atoms with Crippen molar-refractivity contribution < 1.29 is 19.1 Å². The zero-order chi connectivity index (χ0) is 27.1. The Hall–Kier alpha value is -3.46. The Bertz CT molecular complexity index is 1260. The lowest BCUT2D eigenvalue weighted by Gasteiger charge is -2.34. The van der Waals surface area contributed by atoms with Gasteiger partial charge >= 0.3 is 0 Å². The van der Waals surface area contributed by atoms with Crippen LogP contribution in [0.25, 0.3) is 0 Å². The number of carbonyl (C=O) groups is 2. The van der Waals surface area contributed by atoms with Gasteiger partial charge in [-0.1, -0.05) is 35.4 Å². The summed E-state index contributed by atoms with van der Waals surface area (Å²) in [6.45, 7) is 7.19. The number of pyridine rings is 1. The molecule has 1 N–H and O–H groups in total. The summed E-state index contributed by atoms with van der Waals surface area (Å²) >= 11 is 5.97. The summed E-state index contributed by atoms with van der Waals surface area (Å²) in [6.07, 6.45) is 1.54. The molecule has 0 unspecified atom stereocenters. The first kappa shape index (κ1) is 27.6. The molecule has 0 radical (unpaired) electrons. The van der Waals surface area contributed by atoms with Crippen LogP contribution in [0.2, 0.25) is 5.02 Å². The molecule has 2 aromatic carbocycles. The number of likely N-dealkylation sites (N-methyl/N-ethyl adjacent to an activating group) is 1. The fourth-order valence-corrected chi connectivity index (χ4v) is 4.34. The number of rotatable bonds is 9. The number of nitrogens with one attached hydrogen (secondary N) is 1. The van der Waals surface area contributed by atoms with E-state index in [1.165, 1.54) is 5.56 Å². The first-order chi connectivity index (χ1) is 18.3. The van der Waals surface area contributed by atoms with E-state index in [2.05, 4.69) is 21.3 Å². The highest BCUT2D eigenvalue weighted by Crippen LogP contribution is 2.24. The molecule has 38 heavy (non-hydrogen) atoms. The van der Waals surface area contributed by atoms with Gasteiger partial charge in [-0.3, -0.25) is 9.59 Å². The van der Waals surface area contributed by atoms with Crippen molar-refractivity contribution in [1.82, 2.24) is 20.1 Å². The van der Waals surface area contributed by atoms with Gasteiger partial charge in [-0.15, -0.1) is 0 Å². The van der Waals surface area contributed by atoms with Gasteiger partial charge in [-0.05, 0) is 68.4 Å². The number of amides is 2. The Balaban J connectivity index is 1.49. The molecule has 1 atom stereocenters. The van der Waals surface area contributed by atoms with Crippen LogP contribution in [0, 0.1) is 13.8 Å².